The van der Waals surface area contributed by atoms with Gasteiger partial charge in [-0.2, -0.15) is 0 Å². The van der Waals surface area contributed by atoms with Gasteiger partial charge in [0.05, 0.1) is 0 Å². The Morgan fingerprint density at radius 3 is 2.53 bits per heavy atom. The molecule has 3 heteroatoms. The van der Waals surface area contributed by atoms with E-state index in [4.69, 9.17) is 0 Å². The molecule has 1 aromatic heterocycles. The van der Waals surface area contributed by atoms with Crippen LogP contribution >= 0.6 is 0 Å². The number of H-pyrrole nitrogens is 1. The van der Waals surface area contributed by atoms with Crippen LogP contribution in [0.4, 0.5) is 4.39 Å². The standard InChI is InChI=1S/C12H10FNO/c13-11-5-3-9(4-6-11)8-10-2-1-7-14-12(10)15/h1-7H,8H2,(H,14,15). The fourth-order valence-corrected chi connectivity index (χ4v) is 1.42. The minimum absolute atomic E-state index is 0.0955. The van der Waals surface area contributed by atoms with Crippen molar-refractivity contribution < 1.29 is 4.39 Å². The third-order valence-corrected chi connectivity index (χ3v) is 2.21. The average molecular weight is 203 g/mol. The predicted octanol–water partition coefficient (Wildman–Crippen LogP) is 2.10. The van der Waals surface area contributed by atoms with Gasteiger partial charge >= 0.3 is 0 Å². The Labute approximate surface area is 86.4 Å². The Hall–Kier alpha value is -1.90. The average Bonchev–Trinajstić information content (AvgIpc) is 2.25. The Bertz CT molecular complexity index is 502. The van der Waals surface area contributed by atoms with Gasteiger partial charge in [-0.3, -0.25) is 4.79 Å². The van der Waals surface area contributed by atoms with Crippen LogP contribution < -0.4 is 5.56 Å². The van der Waals surface area contributed by atoms with Gasteiger partial charge in [-0.05, 0) is 23.8 Å². The molecule has 0 saturated carbocycles. The van der Waals surface area contributed by atoms with Crippen molar-refractivity contribution in [3.63, 3.8) is 0 Å². The van der Waals surface area contributed by atoms with Crippen molar-refractivity contribution in [2.75, 3.05) is 0 Å². The van der Waals surface area contributed by atoms with Gasteiger partial charge < -0.3 is 4.98 Å². The number of halogens is 1. The number of aromatic amines is 1. The van der Waals surface area contributed by atoms with Crippen molar-refractivity contribution >= 4 is 0 Å². The molecule has 0 radical (unpaired) electrons. The quantitative estimate of drug-likeness (QED) is 0.796. The molecule has 15 heavy (non-hydrogen) atoms. The van der Waals surface area contributed by atoms with E-state index in [0.29, 0.717) is 12.0 Å². The highest BCUT2D eigenvalue weighted by molar-refractivity contribution is 5.24. The molecule has 0 aliphatic rings. The zero-order valence-corrected chi connectivity index (χ0v) is 8.03. The Morgan fingerprint density at radius 1 is 1.13 bits per heavy atom. The minimum Gasteiger partial charge on any atom is -0.329 e. The molecule has 0 fully saturated rings. The first-order valence-corrected chi connectivity index (χ1v) is 4.67. The van der Waals surface area contributed by atoms with Crippen molar-refractivity contribution in [2.24, 2.45) is 0 Å². The topological polar surface area (TPSA) is 32.9 Å². The third-order valence-electron chi connectivity index (χ3n) is 2.21. The fraction of sp³-hybridized carbons (Fsp3) is 0.0833. The summed E-state index contributed by atoms with van der Waals surface area (Å²) in [5.74, 6) is -0.263. The van der Waals surface area contributed by atoms with E-state index >= 15 is 0 Å². The van der Waals surface area contributed by atoms with Crippen molar-refractivity contribution in [1.29, 1.82) is 0 Å². The summed E-state index contributed by atoms with van der Waals surface area (Å²) in [5.41, 5.74) is 1.51. The number of hydrogen-bond acceptors (Lipinski definition) is 1. The van der Waals surface area contributed by atoms with Crippen LogP contribution in [0.1, 0.15) is 11.1 Å². The minimum atomic E-state index is -0.263. The van der Waals surface area contributed by atoms with Crippen molar-refractivity contribution in [3.8, 4) is 0 Å². The predicted molar refractivity (Wildman–Crippen MR) is 56.3 cm³/mol. The summed E-state index contributed by atoms with van der Waals surface area (Å²) in [7, 11) is 0. The molecule has 76 valence electrons. The van der Waals surface area contributed by atoms with Crippen molar-refractivity contribution in [1.82, 2.24) is 4.98 Å². The zero-order chi connectivity index (χ0) is 10.7. The molecule has 0 unspecified atom stereocenters. The van der Waals surface area contributed by atoms with Gasteiger partial charge in [0.2, 0.25) is 0 Å². The number of aromatic nitrogens is 1. The van der Waals surface area contributed by atoms with E-state index in [9.17, 15) is 9.18 Å². The maximum Gasteiger partial charge on any atom is 0.251 e. The monoisotopic (exact) mass is 203 g/mol. The number of rotatable bonds is 2. The van der Waals surface area contributed by atoms with Gasteiger partial charge in [0.25, 0.3) is 5.56 Å². The van der Waals surface area contributed by atoms with Crippen LogP contribution in [0, 0.1) is 5.82 Å². The summed E-state index contributed by atoms with van der Waals surface area (Å²) in [6.07, 6.45) is 2.12. The van der Waals surface area contributed by atoms with E-state index in [1.54, 1.807) is 30.5 Å². The van der Waals surface area contributed by atoms with Gasteiger partial charge in [0.15, 0.2) is 0 Å². The van der Waals surface area contributed by atoms with Gasteiger partial charge in [0, 0.05) is 18.2 Å². The maximum atomic E-state index is 12.6. The summed E-state index contributed by atoms with van der Waals surface area (Å²) in [5, 5.41) is 0. The van der Waals surface area contributed by atoms with Gasteiger partial charge in [-0.25, -0.2) is 4.39 Å². The van der Waals surface area contributed by atoms with E-state index in [1.807, 2.05) is 0 Å². The van der Waals surface area contributed by atoms with Gasteiger partial charge in [-0.1, -0.05) is 18.2 Å². The second-order valence-corrected chi connectivity index (χ2v) is 3.33. The lowest BCUT2D eigenvalue weighted by Gasteiger charge is -2.00. The Kier molecular flexibility index (Phi) is 2.63. The van der Waals surface area contributed by atoms with Gasteiger partial charge in [0.1, 0.15) is 5.82 Å². The molecular formula is C12H10FNO. The van der Waals surface area contributed by atoms with E-state index in [-0.39, 0.29) is 11.4 Å². The molecule has 1 heterocycles. The first kappa shape index (κ1) is 9.65. The molecule has 0 aliphatic carbocycles. The molecule has 0 amide bonds. The molecule has 0 spiro atoms. The molecule has 2 nitrogen and oxygen atoms in total. The second kappa shape index (κ2) is 4.09. The van der Waals surface area contributed by atoms with Crippen molar-refractivity contribution in [3.05, 3.63) is 69.9 Å². The largest absolute Gasteiger partial charge is 0.329 e. The highest BCUT2D eigenvalue weighted by atomic mass is 19.1. The van der Waals surface area contributed by atoms with Crippen molar-refractivity contribution in [2.45, 2.75) is 6.42 Å². The Morgan fingerprint density at radius 2 is 1.87 bits per heavy atom. The summed E-state index contributed by atoms with van der Waals surface area (Å²) >= 11 is 0. The van der Waals surface area contributed by atoms with Crippen LogP contribution in [0.15, 0.2) is 47.4 Å². The number of benzene rings is 1. The molecule has 0 saturated heterocycles. The molecule has 0 bridgehead atoms. The van der Waals surface area contributed by atoms with E-state index in [1.165, 1.54) is 12.1 Å². The second-order valence-electron chi connectivity index (χ2n) is 3.33. The number of pyridine rings is 1. The lowest BCUT2D eigenvalue weighted by Crippen LogP contribution is -2.11. The van der Waals surface area contributed by atoms with Crippen LogP contribution in [0.2, 0.25) is 0 Å². The first-order valence-electron chi connectivity index (χ1n) is 4.67. The number of hydrogen-bond donors (Lipinski definition) is 1. The normalized spacial score (nSPS) is 10.2. The number of nitrogens with one attached hydrogen (secondary N) is 1. The smallest absolute Gasteiger partial charge is 0.251 e. The fourth-order valence-electron chi connectivity index (χ4n) is 1.42. The first-order chi connectivity index (χ1) is 7.25. The van der Waals surface area contributed by atoms with Crippen LogP contribution in [0.3, 0.4) is 0 Å². The molecule has 0 atom stereocenters. The molecule has 0 aliphatic heterocycles. The Balaban J connectivity index is 2.26. The summed E-state index contributed by atoms with van der Waals surface area (Å²) in [6.45, 7) is 0. The van der Waals surface area contributed by atoms with Crippen LogP contribution in [-0.4, -0.2) is 4.98 Å². The highest BCUT2D eigenvalue weighted by Crippen LogP contribution is 2.06. The lowest BCUT2D eigenvalue weighted by atomic mass is 10.1. The van der Waals surface area contributed by atoms with Gasteiger partial charge in [-0.15, -0.1) is 0 Å². The lowest BCUT2D eigenvalue weighted by molar-refractivity contribution is 0.627. The molecule has 1 N–H and O–H groups in total. The van der Waals surface area contributed by atoms with Crippen LogP contribution in [-0.2, 0) is 6.42 Å². The summed E-state index contributed by atoms with van der Waals surface area (Å²) in [6, 6.07) is 9.70. The molecule has 2 aromatic rings. The van der Waals surface area contributed by atoms with E-state index < -0.39 is 0 Å². The molecular weight excluding hydrogens is 193 g/mol. The van der Waals surface area contributed by atoms with Crippen LogP contribution in [0.25, 0.3) is 0 Å². The highest BCUT2D eigenvalue weighted by Gasteiger charge is 2.00. The third kappa shape index (κ3) is 2.31. The zero-order valence-electron chi connectivity index (χ0n) is 8.03. The van der Waals surface area contributed by atoms with E-state index in [2.05, 4.69) is 4.98 Å². The van der Waals surface area contributed by atoms with E-state index in [0.717, 1.165) is 5.56 Å². The van der Waals surface area contributed by atoms with Crippen LogP contribution in [0.5, 0.6) is 0 Å². The molecule has 1 aromatic carbocycles. The summed E-state index contributed by atoms with van der Waals surface area (Å²) < 4.78 is 12.6. The summed E-state index contributed by atoms with van der Waals surface area (Å²) in [4.78, 5) is 14.0. The maximum absolute atomic E-state index is 12.6. The SMILES string of the molecule is O=c1[nH]cccc1Cc1ccc(F)cc1. The molecule has 2 rings (SSSR count).